The van der Waals surface area contributed by atoms with Crippen molar-refractivity contribution in [2.45, 2.75) is 12.8 Å². The maximum atomic E-state index is 12.2. The van der Waals surface area contributed by atoms with E-state index in [0.717, 1.165) is 13.3 Å². The van der Waals surface area contributed by atoms with Crippen molar-refractivity contribution in [1.82, 2.24) is 15.2 Å². The molecule has 0 saturated carbocycles. The van der Waals surface area contributed by atoms with Gasteiger partial charge in [0.05, 0.1) is 0 Å². The number of alkyl halides is 2. The van der Waals surface area contributed by atoms with Crippen molar-refractivity contribution in [1.29, 1.82) is 0 Å². The summed E-state index contributed by atoms with van der Waals surface area (Å²) in [6.07, 6.45) is 1.05. The quantitative estimate of drug-likeness (QED) is 0.618. The molecule has 5 heteroatoms. The lowest BCUT2D eigenvalue weighted by atomic mass is 10.4. The van der Waals surface area contributed by atoms with Crippen molar-refractivity contribution in [2.75, 3.05) is 0 Å². The van der Waals surface area contributed by atoms with Crippen LogP contribution < -0.4 is 0 Å². The Labute approximate surface area is 50.1 Å². The van der Waals surface area contributed by atoms with E-state index in [1.54, 1.807) is 0 Å². The van der Waals surface area contributed by atoms with Crippen LogP contribution in [0.4, 0.5) is 8.78 Å². The Kier molecular flexibility index (Phi) is 1.19. The van der Waals surface area contributed by atoms with Gasteiger partial charge in [0.15, 0.2) is 5.82 Å². The number of aromatic amines is 1. The lowest BCUT2D eigenvalue weighted by Gasteiger charge is -2.02. The predicted octanol–water partition coefficient (Wildman–Crippen LogP) is 0.916. The number of rotatable bonds is 1. The van der Waals surface area contributed by atoms with E-state index in [4.69, 9.17) is 0 Å². The molecular weight excluding hydrogens is 128 g/mol. The summed E-state index contributed by atoms with van der Waals surface area (Å²) in [5, 5.41) is 5.34. The van der Waals surface area contributed by atoms with Crippen LogP contribution in [-0.4, -0.2) is 15.2 Å². The molecule has 0 radical (unpaired) electrons. The molecule has 1 rings (SSSR count). The standard InChI is InChI=1S/C4H5F2N3/c1-4(5,6)3-7-2-8-9-3/h2H,1H3,(H,7,8,9). The smallest absolute Gasteiger partial charge is 0.258 e. The van der Waals surface area contributed by atoms with E-state index < -0.39 is 11.7 Å². The molecule has 0 aromatic carbocycles. The molecule has 0 aliphatic heterocycles. The Morgan fingerprint density at radius 1 is 1.67 bits per heavy atom. The summed E-state index contributed by atoms with van der Waals surface area (Å²) >= 11 is 0. The van der Waals surface area contributed by atoms with Crippen LogP contribution >= 0.6 is 0 Å². The largest absolute Gasteiger partial charge is 0.303 e. The van der Waals surface area contributed by atoms with Crippen LogP contribution in [-0.2, 0) is 5.92 Å². The van der Waals surface area contributed by atoms with Crippen molar-refractivity contribution in [3.8, 4) is 0 Å². The molecule has 0 amide bonds. The average molecular weight is 133 g/mol. The van der Waals surface area contributed by atoms with Crippen molar-refractivity contribution in [3.63, 3.8) is 0 Å². The highest BCUT2D eigenvalue weighted by Crippen LogP contribution is 2.21. The van der Waals surface area contributed by atoms with Gasteiger partial charge in [-0.1, -0.05) is 0 Å². The van der Waals surface area contributed by atoms with E-state index in [0.29, 0.717) is 0 Å². The van der Waals surface area contributed by atoms with E-state index in [1.807, 2.05) is 0 Å². The molecule has 50 valence electrons. The van der Waals surface area contributed by atoms with Crippen molar-refractivity contribution in [2.24, 2.45) is 0 Å². The lowest BCUT2D eigenvalue weighted by Crippen LogP contribution is -2.09. The molecule has 0 atom stereocenters. The molecular formula is C4H5F2N3. The Morgan fingerprint density at radius 2 is 2.33 bits per heavy atom. The second kappa shape index (κ2) is 1.75. The van der Waals surface area contributed by atoms with Crippen LogP contribution in [0.2, 0.25) is 0 Å². The second-order valence-electron chi connectivity index (χ2n) is 1.72. The molecule has 0 bridgehead atoms. The summed E-state index contributed by atoms with van der Waals surface area (Å²) in [4.78, 5) is 3.27. The highest BCUT2D eigenvalue weighted by molar-refractivity contribution is 4.88. The van der Waals surface area contributed by atoms with E-state index in [-0.39, 0.29) is 0 Å². The van der Waals surface area contributed by atoms with E-state index in [1.165, 1.54) is 0 Å². The number of aromatic nitrogens is 3. The summed E-state index contributed by atoms with van der Waals surface area (Å²) in [6, 6.07) is 0. The van der Waals surface area contributed by atoms with Gasteiger partial charge in [-0.05, 0) is 0 Å². The van der Waals surface area contributed by atoms with Gasteiger partial charge in [-0.15, -0.1) is 0 Å². The molecule has 3 nitrogen and oxygen atoms in total. The number of nitrogens with zero attached hydrogens (tertiary/aromatic N) is 2. The SMILES string of the molecule is CC(F)(F)c1ncn[nH]1. The van der Waals surface area contributed by atoms with E-state index in [9.17, 15) is 8.78 Å². The Bertz CT molecular complexity index is 176. The first-order valence-corrected chi connectivity index (χ1v) is 2.34. The maximum absolute atomic E-state index is 12.2. The molecule has 0 spiro atoms. The van der Waals surface area contributed by atoms with Crippen LogP contribution in [0.1, 0.15) is 12.7 Å². The van der Waals surface area contributed by atoms with Gasteiger partial charge in [0.1, 0.15) is 6.33 Å². The van der Waals surface area contributed by atoms with Gasteiger partial charge in [-0.2, -0.15) is 13.9 Å². The third-order valence-electron chi connectivity index (χ3n) is 0.831. The van der Waals surface area contributed by atoms with Gasteiger partial charge in [-0.3, -0.25) is 5.10 Å². The first-order chi connectivity index (χ1) is 4.11. The van der Waals surface area contributed by atoms with Gasteiger partial charge >= 0.3 is 5.92 Å². The van der Waals surface area contributed by atoms with Gasteiger partial charge in [0, 0.05) is 6.92 Å². The molecule has 0 aliphatic carbocycles. The Balaban J connectivity index is 2.90. The van der Waals surface area contributed by atoms with Gasteiger partial charge in [-0.25, -0.2) is 4.98 Å². The molecule has 1 heterocycles. The van der Waals surface area contributed by atoms with Gasteiger partial charge in [0.2, 0.25) is 0 Å². The third-order valence-corrected chi connectivity index (χ3v) is 0.831. The summed E-state index contributed by atoms with van der Waals surface area (Å²) in [5.41, 5.74) is 0. The molecule has 1 aromatic rings. The van der Waals surface area contributed by atoms with Crippen molar-refractivity contribution in [3.05, 3.63) is 12.2 Å². The molecule has 0 unspecified atom stereocenters. The fourth-order valence-electron chi connectivity index (χ4n) is 0.417. The minimum Gasteiger partial charge on any atom is -0.258 e. The van der Waals surface area contributed by atoms with E-state index in [2.05, 4.69) is 15.2 Å². The highest BCUT2D eigenvalue weighted by Gasteiger charge is 2.27. The molecule has 0 aliphatic rings. The number of nitrogens with one attached hydrogen (secondary N) is 1. The summed E-state index contributed by atoms with van der Waals surface area (Å²) in [5.74, 6) is -3.31. The fraction of sp³-hybridized carbons (Fsp3) is 0.500. The zero-order chi connectivity index (χ0) is 6.91. The summed E-state index contributed by atoms with van der Waals surface area (Å²) < 4.78 is 24.3. The Morgan fingerprint density at radius 3 is 2.56 bits per heavy atom. The van der Waals surface area contributed by atoms with Crippen molar-refractivity contribution >= 4 is 0 Å². The minimum atomic E-state index is -2.91. The average Bonchev–Trinajstić information content (AvgIpc) is 2.08. The molecule has 1 N–H and O–H groups in total. The first kappa shape index (κ1) is 6.12. The number of hydrogen-bond acceptors (Lipinski definition) is 2. The molecule has 0 saturated heterocycles. The van der Waals surface area contributed by atoms with Crippen LogP contribution in [0, 0.1) is 0 Å². The molecule has 9 heavy (non-hydrogen) atoms. The maximum Gasteiger partial charge on any atom is 0.303 e. The second-order valence-corrected chi connectivity index (χ2v) is 1.72. The molecule has 0 fully saturated rings. The minimum absolute atomic E-state index is 0.400. The summed E-state index contributed by atoms with van der Waals surface area (Å²) in [7, 11) is 0. The van der Waals surface area contributed by atoms with Crippen LogP contribution in [0.15, 0.2) is 6.33 Å². The lowest BCUT2D eigenvalue weighted by molar-refractivity contribution is 0.00809. The van der Waals surface area contributed by atoms with Gasteiger partial charge in [0.25, 0.3) is 0 Å². The number of halogens is 2. The summed E-state index contributed by atoms with van der Waals surface area (Å²) in [6.45, 7) is 0.757. The zero-order valence-electron chi connectivity index (χ0n) is 4.73. The monoisotopic (exact) mass is 133 g/mol. The highest BCUT2D eigenvalue weighted by atomic mass is 19.3. The van der Waals surface area contributed by atoms with Crippen molar-refractivity contribution < 1.29 is 8.78 Å². The van der Waals surface area contributed by atoms with Crippen LogP contribution in [0.25, 0.3) is 0 Å². The van der Waals surface area contributed by atoms with Crippen LogP contribution in [0.3, 0.4) is 0 Å². The topological polar surface area (TPSA) is 41.6 Å². The number of hydrogen-bond donors (Lipinski definition) is 1. The third kappa shape index (κ3) is 1.22. The predicted molar refractivity (Wildman–Crippen MR) is 26.0 cm³/mol. The molecule has 1 aromatic heterocycles. The Hall–Kier alpha value is -1.00. The fourth-order valence-corrected chi connectivity index (χ4v) is 0.417. The van der Waals surface area contributed by atoms with Gasteiger partial charge < -0.3 is 0 Å². The first-order valence-electron chi connectivity index (χ1n) is 2.34. The normalized spacial score (nSPS) is 11.9. The van der Waals surface area contributed by atoms with Crippen LogP contribution in [0.5, 0.6) is 0 Å². The zero-order valence-corrected chi connectivity index (χ0v) is 4.73. The van der Waals surface area contributed by atoms with E-state index >= 15 is 0 Å². The number of H-pyrrole nitrogens is 1.